The summed E-state index contributed by atoms with van der Waals surface area (Å²) in [7, 11) is 0. The number of piperazine rings is 1. The number of hydrogen-bond donors (Lipinski definition) is 0. The van der Waals surface area contributed by atoms with Crippen LogP contribution in [-0.4, -0.2) is 53.4 Å². The molecule has 0 N–H and O–H groups in total. The van der Waals surface area contributed by atoms with Gasteiger partial charge < -0.3 is 9.80 Å². The van der Waals surface area contributed by atoms with Crippen LogP contribution in [0.4, 0.5) is 0 Å². The van der Waals surface area contributed by atoms with Gasteiger partial charge in [-0.2, -0.15) is 0 Å². The van der Waals surface area contributed by atoms with Crippen molar-refractivity contribution in [3.05, 3.63) is 40.4 Å². The summed E-state index contributed by atoms with van der Waals surface area (Å²) in [6, 6.07) is 8.34. The van der Waals surface area contributed by atoms with Gasteiger partial charge in [-0.15, -0.1) is 11.3 Å². The molecule has 2 aromatic rings. The van der Waals surface area contributed by atoms with E-state index in [1.807, 2.05) is 17.9 Å². The van der Waals surface area contributed by atoms with Crippen molar-refractivity contribution >= 4 is 17.2 Å². The van der Waals surface area contributed by atoms with Gasteiger partial charge in [0.1, 0.15) is 9.88 Å². The molecule has 128 valence electrons. The minimum Gasteiger partial charge on any atom is -0.335 e. The second-order valence-corrected chi connectivity index (χ2v) is 7.17. The van der Waals surface area contributed by atoms with Crippen LogP contribution in [0, 0.1) is 6.92 Å². The summed E-state index contributed by atoms with van der Waals surface area (Å²) >= 11 is 1.53. The molecule has 24 heavy (non-hydrogen) atoms. The van der Waals surface area contributed by atoms with Crippen molar-refractivity contribution in [1.82, 2.24) is 14.8 Å². The zero-order chi connectivity index (χ0) is 17.1. The zero-order valence-electron chi connectivity index (χ0n) is 14.7. The summed E-state index contributed by atoms with van der Waals surface area (Å²) in [4.78, 5) is 22.7. The standard InChI is InChI=1S/C19H25N3OS/c1-4-15-8-6-7-9-16(15)18-20-14(3)17(24-18)19(23)22-12-10-21(5-2)11-13-22/h6-9H,4-5,10-13H2,1-3H3. The molecule has 0 aliphatic carbocycles. The number of carbonyl (C=O) groups excluding carboxylic acids is 1. The van der Waals surface area contributed by atoms with Gasteiger partial charge in [-0.05, 0) is 25.5 Å². The van der Waals surface area contributed by atoms with Gasteiger partial charge >= 0.3 is 0 Å². The third kappa shape index (κ3) is 3.37. The average Bonchev–Trinajstić information content (AvgIpc) is 3.02. The maximum Gasteiger partial charge on any atom is 0.265 e. The van der Waals surface area contributed by atoms with Crippen molar-refractivity contribution in [1.29, 1.82) is 0 Å². The van der Waals surface area contributed by atoms with Crippen LogP contribution in [0.15, 0.2) is 24.3 Å². The van der Waals surface area contributed by atoms with E-state index in [0.29, 0.717) is 0 Å². The van der Waals surface area contributed by atoms with E-state index in [9.17, 15) is 4.79 Å². The lowest BCUT2D eigenvalue weighted by atomic mass is 10.1. The van der Waals surface area contributed by atoms with Gasteiger partial charge in [0, 0.05) is 31.7 Å². The molecule has 1 amide bonds. The first kappa shape index (κ1) is 17.1. The summed E-state index contributed by atoms with van der Waals surface area (Å²) in [6.07, 6.45) is 0.969. The summed E-state index contributed by atoms with van der Waals surface area (Å²) < 4.78 is 0. The maximum absolute atomic E-state index is 12.9. The maximum atomic E-state index is 12.9. The Labute approximate surface area is 148 Å². The van der Waals surface area contributed by atoms with E-state index in [2.05, 4.69) is 36.9 Å². The fraction of sp³-hybridized carbons (Fsp3) is 0.474. The molecule has 4 nitrogen and oxygen atoms in total. The highest BCUT2D eigenvalue weighted by molar-refractivity contribution is 7.17. The first-order valence-corrected chi connectivity index (χ1v) is 9.53. The first-order chi connectivity index (χ1) is 11.6. The van der Waals surface area contributed by atoms with E-state index in [1.165, 1.54) is 16.9 Å². The number of carbonyl (C=O) groups is 1. The number of aromatic nitrogens is 1. The number of nitrogens with zero attached hydrogens (tertiary/aromatic N) is 3. The Morgan fingerprint density at radius 2 is 1.88 bits per heavy atom. The molecule has 0 saturated carbocycles. The van der Waals surface area contributed by atoms with Crippen LogP contribution >= 0.6 is 11.3 Å². The molecule has 3 rings (SSSR count). The number of benzene rings is 1. The monoisotopic (exact) mass is 343 g/mol. The van der Waals surface area contributed by atoms with E-state index < -0.39 is 0 Å². The van der Waals surface area contributed by atoms with Crippen LogP contribution in [0.2, 0.25) is 0 Å². The van der Waals surface area contributed by atoms with Crippen molar-refractivity contribution < 1.29 is 4.79 Å². The second-order valence-electron chi connectivity index (χ2n) is 6.17. The minimum absolute atomic E-state index is 0.140. The average molecular weight is 343 g/mol. The van der Waals surface area contributed by atoms with Crippen LogP contribution in [-0.2, 0) is 6.42 Å². The van der Waals surface area contributed by atoms with Crippen LogP contribution in [0.3, 0.4) is 0 Å². The normalized spacial score (nSPS) is 15.7. The van der Waals surface area contributed by atoms with Gasteiger partial charge in [0.2, 0.25) is 0 Å². The quantitative estimate of drug-likeness (QED) is 0.853. The number of amides is 1. The molecule has 1 aromatic carbocycles. The highest BCUT2D eigenvalue weighted by Crippen LogP contribution is 2.31. The molecular weight excluding hydrogens is 318 g/mol. The summed E-state index contributed by atoms with van der Waals surface area (Å²) in [5.41, 5.74) is 3.29. The molecule has 1 saturated heterocycles. The molecule has 1 fully saturated rings. The molecule has 5 heteroatoms. The Bertz CT molecular complexity index is 717. The minimum atomic E-state index is 0.140. The van der Waals surface area contributed by atoms with Crippen molar-refractivity contribution in [3.63, 3.8) is 0 Å². The van der Waals surface area contributed by atoms with E-state index in [1.54, 1.807) is 0 Å². The molecule has 0 radical (unpaired) electrons. The van der Waals surface area contributed by atoms with Crippen molar-refractivity contribution in [2.24, 2.45) is 0 Å². The third-order valence-electron chi connectivity index (χ3n) is 4.73. The Hall–Kier alpha value is -1.72. The molecule has 0 bridgehead atoms. The number of likely N-dealkylation sites (N-methyl/N-ethyl adjacent to an activating group) is 1. The lowest BCUT2D eigenvalue weighted by Crippen LogP contribution is -2.48. The molecule has 2 heterocycles. The molecule has 1 aliphatic heterocycles. The van der Waals surface area contributed by atoms with Gasteiger partial charge in [0.25, 0.3) is 5.91 Å². The summed E-state index contributed by atoms with van der Waals surface area (Å²) in [5.74, 6) is 0.140. The fourth-order valence-corrected chi connectivity index (χ4v) is 4.25. The van der Waals surface area contributed by atoms with Crippen LogP contribution in [0.5, 0.6) is 0 Å². The second kappa shape index (κ2) is 7.45. The van der Waals surface area contributed by atoms with E-state index in [0.717, 1.165) is 60.3 Å². The molecule has 1 aliphatic rings. The third-order valence-corrected chi connectivity index (χ3v) is 5.90. The highest BCUT2D eigenvalue weighted by Gasteiger charge is 2.25. The van der Waals surface area contributed by atoms with Gasteiger partial charge in [-0.3, -0.25) is 4.79 Å². The van der Waals surface area contributed by atoms with Crippen molar-refractivity contribution in [2.45, 2.75) is 27.2 Å². The predicted molar refractivity (Wildman–Crippen MR) is 99.7 cm³/mol. The van der Waals surface area contributed by atoms with Crippen molar-refractivity contribution in [3.8, 4) is 10.6 Å². The van der Waals surface area contributed by atoms with Gasteiger partial charge in [-0.25, -0.2) is 4.98 Å². The molecule has 0 unspecified atom stereocenters. The zero-order valence-corrected chi connectivity index (χ0v) is 15.5. The number of hydrogen-bond acceptors (Lipinski definition) is 4. The van der Waals surface area contributed by atoms with E-state index >= 15 is 0 Å². The molecular formula is C19H25N3OS. The largest absolute Gasteiger partial charge is 0.335 e. The van der Waals surface area contributed by atoms with Gasteiger partial charge in [0.05, 0.1) is 5.69 Å². The van der Waals surface area contributed by atoms with Gasteiger partial charge in [-0.1, -0.05) is 38.1 Å². The Morgan fingerprint density at radius 3 is 2.54 bits per heavy atom. The van der Waals surface area contributed by atoms with Gasteiger partial charge in [0.15, 0.2) is 0 Å². The van der Waals surface area contributed by atoms with Crippen molar-refractivity contribution in [2.75, 3.05) is 32.7 Å². The van der Waals surface area contributed by atoms with E-state index in [4.69, 9.17) is 4.98 Å². The van der Waals surface area contributed by atoms with Crippen LogP contribution < -0.4 is 0 Å². The topological polar surface area (TPSA) is 36.4 Å². The number of thiazole rings is 1. The summed E-state index contributed by atoms with van der Waals surface area (Å²) in [6.45, 7) is 10.9. The van der Waals surface area contributed by atoms with Crippen LogP contribution in [0.1, 0.15) is 34.8 Å². The SMILES string of the molecule is CCc1ccccc1-c1nc(C)c(C(=O)N2CCN(CC)CC2)s1. The Kier molecular flexibility index (Phi) is 5.31. The molecule has 0 atom stereocenters. The summed E-state index contributed by atoms with van der Waals surface area (Å²) in [5, 5.41) is 0.959. The number of aryl methyl sites for hydroxylation is 2. The molecule has 1 aromatic heterocycles. The Balaban J connectivity index is 1.83. The highest BCUT2D eigenvalue weighted by atomic mass is 32.1. The fourth-order valence-electron chi connectivity index (χ4n) is 3.16. The first-order valence-electron chi connectivity index (χ1n) is 8.71. The molecule has 0 spiro atoms. The van der Waals surface area contributed by atoms with E-state index in [-0.39, 0.29) is 5.91 Å². The lowest BCUT2D eigenvalue weighted by molar-refractivity contribution is 0.0647. The van der Waals surface area contributed by atoms with Crippen LogP contribution in [0.25, 0.3) is 10.6 Å². The predicted octanol–water partition coefficient (Wildman–Crippen LogP) is 3.46. The smallest absolute Gasteiger partial charge is 0.265 e. The Morgan fingerprint density at radius 1 is 1.17 bits per heavy atom. The number of rotatable bonds is 4. The lowest BCUT2D eigenvalue weighted by Gasteiger charge is -2.33.